The first-order chi connectivity index (χ1) is 14.9. The van der Waals surface area contributed by atoms with Crippen molar-refractivity contribution in [3.05, 3.63) is 60.2 Å². The number of hydrogen-bond donors (Lipinski definition) is 2. The summed E-state index contributed by atoms with van der Waals surface area (Å²) in [5, 5.41) is 5.70. The molecule has 2 amide bonds. The number of sulfonamides is 1. The molecule has 7 nitrogen and oxygen atoms in total. The molecule has 0 aliphatic carbocycles. The lowest BCUT2D eigenvalue weighted by atomic mass is 9.98. The van der Waals surface area contributed by atoms with Gasteiger partial charge in [0, 0.05) is 19.6 Å². The highest BCUT2D eigenvalue weighted by molar-refractivity contribution is 7.89. The van der Waals surface area contributed by atoms with E-state index in [1.807, 2.05) is 6.92 Å². The van der Waals surface area contributed by atoms with E-state index in [1.54, 1.807) is 54.6 Å². The van der Waals surface area contributed by atoms with Crippen molar-refractivity contribution in [3.63, 3.8) is 0 Å². The second-order valence-corrected chi connectivity index (χ2v) is 9.60. The Hall–Kier alpha value is -2.71. The smallest absolute Gasteiger partial charge is 0.253 e. The Morgan fingerprint density at radius 2 is 1.77 bits per heavy atom. The van der Waals surface area contributed by atoms with Crippen molar-refractivity contribution >= 4 is 27.5 Å². The van der Waals surface area contributed by atoms with Crippen LogP contribution < -0.4 is 10.6 Å². The molecule has 1 atom stereocenters. The molecular formula is C23H29N3O4S. The van der Waals surface area contributed by atoms with Crippen LogP contribution in [-0.4, -0.2) is 44.2 Å². The summed E-state index contributed by atoms with van der Waals surface area (Å²) in [6.45, 7) is 3.13. The molecule has 1 aliphatic heterocycles. The number of anilines is 1. The van der Waals surface area contributed by atoms with Crippen LogP contribution in [-0.2, 0) is 14.8 Å². The van der Waals surface area contributed by atoms with Crippen LogP contribution in [0.3, 0.4) is 0 Å². The number of nitrogens with one attached hydrogen (secondary N) is 2. The predicted molar refractivity (Wildman–Crippen MR) is 120 cm³/mol. The average Bonchev–Trinajstić information content (AvgIpc) is 2.80. The highest BCUT2D eigenvalue weighted by atomic mass is 32.2. The molecule has 1 saturated heterocycles. The first-order valence-electron chi connectivity index (χ1n) is 10.7. The number of benzene rings is 2. The van der Waals surface area contributed by atoms with Crippen LogP contribution in [0.15, 0.2) is 59.5 Å². The minimum Gasteiger partial charge on any atom is -0.352 e. The molecule has 8 heteroatoms. The third kappa shape index (κ3) is 5.71. The molecule has 2 aromatic rings. The van der Waals surface area contributed by atoms with E-state index in [0.717, 1.165) is 12.8 Å². The zero-order valence-corrected chi connectivity index (χ0v) is 18.5. The molecule has 2 aromatic carbocycles. The van der Waals surface area contributed by atoms with Gasteiger partial charge in [-0.25, -0.2) is 8.42 Å². The van der Waals surface area contributed by atoms with E-state index in [0.29, 0.717) is 37.2 Å². The van der Waals surface area contributed by atoms with Crippen molar-refractivity contribution in [1.29, 1.82) is 0 Å². The number of piperidine rings is 1. The van der Waals surface area contributed by atoms with Gasteiger partial charge in [0.2, 0.25) is 15.9 Å². The maximum Gasteiger partial charge on any atom is 0.253 e. The molecule has 0 bridgehead atoms. The van der Waals surface area contributed by atoms with Crippen LogP contribution in [0.5, 0.6) is 0 Å². The van der Waals surface area contributed by atoms with Gasteiger partial charge in [-0.15, -0.1) is 0 Å². The van der Waals surface area contributed by atoms with Gasteiger partial charge in [0.25, 0.3) is 5.91 Å². The second-order valence-electron chi connectivity index (χ2n) is 7.66. The first kappa shape index (κ1) is 23.0. The van der Waals surface area contributed by atoms with E-state index in [4.69, 9.17) is 0 Å². The van der Waals surface area contributed by atoms with Crippen molar-refractivity contribution in [2.45, 2.75) is 37.5 Å². The zero-order valence-electron chi connectivity index (χ0n) is 17.7. The SMILES string of the molecule is CCCCNC(=O)c1ccccc1NC(=O)C1CCCN(S(=O)(=O)c2ccccc2)C1. The molecular weight excluding hydrogens is 414 g/mol. The standard InChI is InChI=1S/C23H29N3O4S/c1-2-3-15-24-23(28)20-13-7-8-14-21(20)25-22(27)18-10-9-16-26(17-18)31(29,30)19-11-5-4-6-12-19/h4-8,11-14,18H,2-3,9-10,15-17H2,1H3,(H,24,28)(H,25,27). The summed E-state index contributed by atoms with van der Waals surface area (Å²) in [4.78, 5) is 25.7. The Balaban J connectivity index is 1.69. The molecule has 1 fully saturated rings. The number of nitrogens with zero attached hydrogens (tertiary/aromatic N) is 1. The lowest BCUT2D eigenvalue weighted by molar-refractivity contribution is -0.120. The Bertz CT molecular complexity index is 1010. The Kier molecular flexibility index (Phi) is 7.81. The number of unbranched alkanes of at least 4 members (excludes halogenated alkanes) is 1. The first-order valence-corrected chi connectivity index (χ1v) is 12.1. The van der Waals surface area contributed by atoms with Gasteiger partial charge < -0.3 is 10.6 Å². The summed E-state index contributed by atoms with van der Waals surface area (Å²) in [6.07, 6.45) is 3.05. The predicted octanol–water partition coefficient (Wildman–Crippen LogP) is 3.26. The van der Waals surface area contributed by atoms with Crippen molar-refractivity contribution in [2.75, 3.05) is 25.0 Å². The molecule has 0 radical (unpaired) electrons. The lowest BCUT2D eigenvalue weighted by Gasteiger charge is -2.31. The molecule has 166 valence electrons. The van der Waals surface area contributed by atoms with E-state index < -0.39 is 15.9 Å². The summed E-state index contributed by atoms with van der Waals surface area (Å²) >= 11 is 0. The van der Waals surface area contributed by atoms with E-state index >= 15 is 0 Å². The minimum atomic E-state index is -3.65. The van der Waals surface area contributed by atoms with Gasteiger partial charge in [-0.1, -0.05) is 43.7 Å². The fourth-order valence-electron chi connectivity index (χ4n) is 3.62. The molecule has 0 aromatic heterocycles. The van der Waals surface area contributed by atoms with Gasteiger partial charge in [-0.05, 0) is 43.5 Å². The van der Waals surface area contributed by atoms with Crippen LogP contribution in [0.4, 0.5) is 5.69 Å². The molecule has 0 spiro atoms. The zero-order chi connectivity index (χ0) is 22.3. The molecule has 2 N–H and O–H groups in total. The quantitative estimate of drug-likeness (QED) is 0.612. The largest absolute Gasteiger partial charge is 0.352 e. The topological polar surface area (TPSA) is 95.6 Å². The fraction of sp³-hybridized carbons (Fsp3) is 0.391. The van der Waals surface area contributed by atoms with Gasteiger partial charge in [0.1, 0.15) is 0 Å². The molecule has 0 saturated carbocycles. The molecule has 1 aliphatic rings. The van der Waals surface area contributed by atoms with E-state index in [2.05, 4.69) is 10.6 Å². The molecule has 1 unspecified atom stereocenters. The summed E-state index contributed by atoms with van der Waals surface area (Å²) in [5.74, 6) is -0.994. The second kappa shape index (κ2) is 10.5. The Morgan fingerprint density at radius 1 is 1.06 bits per heavy atom. The minimum absolute atomic E-state index is 0.119. The van der Waals surface area contributed by atoms with Gasteiger partial charge in [0.15, 0.2) is 0 Å². The summed E-state index contributed by atoms with van der Waals surface area (Å²) in [7, 11) is -3.65. The highest BCUT2D eigenvalue weighted by Crippen LogP contribution is 2.25. The van der Waals surface area contributed by atoms with Crippen molar-refractivity contribution < 1.29 is 18.0 Å². The van der Waals surface area contributed by atoms with Gasteiger partial charge in [0.05, 0.1) is 22.1 Å². The third-order valence-corrected chi connectivity index (χ3v) is 7.26. The van der Waals surface area contributed by atoms with Gasteiger partial charge in [-0.3, -0.25) is 9.59 Å². The third-order valence-electron chi connectivity index (χ3n) is 5.38. The van der Waals surface area contributed by atoms with Crippen LogP contribution in [0, 0.1) is 5.92 Å². The Labute approximate surface area is 183 Å². The number of carbonyl (C=O) groups is 2. The maximum atomic E-state index is 12.9. The summed E-state index contributed by atoms with van der Waals surface area (Å²) < 4.78 is 27.2. The maximum absolute atomic E-state index is 12.9. The average molecular weight is 444 g/mol. The van der Waals surface area contributed by atoms with Crippen molar-refractivity contribution in [3.8, 4) is 0 Å². The van der Waals surface area contributed by atoms with Crippen LogP contribution in [0.2, 0.25) is 0 Å². The number of para-hydroxylation sites is 1. The molecule has 1 heterocycles. The number of amides is 2. The van der Waals surface area contributed by atoms with E-state index in [9.17, 15) is 18.0 Å². The number of carbonyl (C=O) groups excluding carboxylic acids is 2. The van der Waals surface area contributed by atoms with Gasteiger partial charge in [-0.2, -0.15) is 4.31 Å². The summed E-state index contributed by atoms with van der Waals surface area (Å²) in [6, 6.07) is 15.1. The summed E-state index contributed by atoms with van der Waals surface area (Å²) in [5.41, 5.74) is 0.834. The van der Waals surface area contributed by atoms with E-state index in [1.165, 1.54) is 4.31 Å². The lowest BCUT2D eigenvalue weighted by Crippen LogP contribution is -2.43. The normalized spacial score (nSPS) is 17.1. The van der Waals surface area contributed by atoms with Crippen molar-refractivity contribution in [2.24, 2.45) is 5.92 Å². The highest BCUT2D eigenvalue weighted by Gasteiger charge is 2.33. The Morgan fingerprint density at radius 3 is 2.52 bits per heavy atom. The fourth-order valence-corrected chi connectivity index (χ4v) is 5.16. The van der Waals surface area contributed by atoms with Gasteiger partial charge >= 0.3 is 0 Å². The van der Waals surface area contributed by atoms with Crippen LogP contribution in [0.25, 0.3) is 0 Å². The number of hydrogen-bond acceptors (Lipinski definition) is 4. The van der Waals surface area contributed by atoms with Crippen molar-refractivity contribution in [1.82, 2.24) is 9.62 Å². The van der Waals surface area contributed by atoms with Crippen LogP contribution >= 0.6 is 0 Å². The molecule has 31 heavy (non-hydrogen) atoms. The number of rotatable bonds is 8. The van der Waals surface area contributed by atoms with E-state index in [-0.39, 0.29) is 23.3 Å². The monoisotopic (exact) mass is 443 g/mol. The molecule has 3 rings (SSSR count). The van der Waals surface area contributed by atoms with Crippen LogP contribution in [0.1, 0.15) is 43.0 Å².